The van der Waals surface area contributed by atoms with Crippen LogP contribution < -0.4 is 5.73 Å². The molecular weight excluding hydrogens is 464 g/mol. The summed E-state index contributed by atoms with van der Waals surface area (Å²) in [7, 11) is -3.32. The van der Waals surface area contributed by atoms with E-state index in [9.17, 15) is 31.5 Å². The molecule has 2 saturated heterocycles. The standard InChI is InChI=1S/C13H27BN4O6S.C2HF3O2/c1-16-5-7-17(8-6-16)25(23,24)18-9-11(3-2-4-14(21)22)13(15,10-18)12(19)20;3-2(4,5)1(6)7/h11,21-22H,2-10,15H2,1H3,(H,19,20);(H,6,7)/t11-,13-;/m1./s1. The molecule has 6 N–H and O–H groups in total. The minimum absolute atomic E-state index is 0.0268. The molecule has 12 nitrogen and oxygen atoms in total. The van der Waals surface area contributed by atoms with Crippen molar-refractivity contribution >= 4 is 29.3 Å². The van der Waals surface area contributed by atoms with Crippen molar-refractivity contribution in [2.24, 2.45) is 11.7 Å². The Hall–Kier alpha value is -1.50. The summed E-state index contributed by atoms with van der Waals surface area (Å²) >= 11 is 0. The Morgan fingerprint density at radius 1 is 1.12 bits per heavy atom. The summed E-state index contributed by atoms with van der Waals surface area (Å²) in [6.45, 7) is 1.72. The molecule has 17 heteroatoms. The lowest BCUT2D eigenvalue weighted by Gasteiger charge is -2.34. The van der Waals surface area contributed by atoms with Crippen molar-refractivity contribution in [2.75, 3.05) is 46.3 Å². The third kappa shape index (κ3) is 7.53. The Morgan fingerprint density at radius 2 is 1.62 bits per heavy atom. The van der Waals surface area contributed by atoms with Gasteiger partial charge in [0.1, 0.15) is 5.54 Å². The highest BCUT2D eigenvalue weighted by Gasteiger charge is 2.53. The molecule has 0 saturated carbocycles. The third-order valence-corrected chi connectivity index (χ3v) is 7.31. The molecule has 0 amide bonds. The number of nitrogens with zero attached hydrogens (tertiary/aromatic N) is 3. The predicted molar refractivity (Wildman–Crippen MR) is 106 cm³/mol. The van der Waals surface area contributed by atoms with Crippen LogP contribution in [0, 0.1) is 5.92 Å². The van der Waals surface area contributed by atoms with E-state index in [1.165, 1.54) is 4.31 Å². The van der Waals surface area contributed by atoms with Gasteiger partial charge in [-0.3, -0.25) is 4.79 Å². The second-order valence-electron chi connectivity index (χ2n) is 7.76. The van der Waals surface area contributed by atoms with Gasteiger partial charge in [-0.25, -0.2) is 4.79 Å². The fourth-order valence-electron chi connectivity index (χ4n) is 3.39. The molecule has 186 valence electrons. The summed E-state index contributed by atoms with van der Waals surface area (Å²) in [5.74, 6) is -4.57. The lowest BCUT2D eigenvalue weighted by molar-refractivity contribution is -0.192. The van der Waals surface area contributed by atoms with Gasteiger partial charge in [-0.1, -0.05) is 6.42 Å². The maximum atomic E-state index is 12.8. The molecule has 0 aliphatic carbocycles. The van der Waals surface area contributed by atoms with Gasteiger partial charge in [-0.05, 0) is 19.8 Å². The van der Waals surface area contributed by atoms with Gasteiger partial charge in [0.25, 0.3) is 10.2 Å². The van der Waals surface area contributed by atoms with E-state index < -0.39 is 46.9 Å². The molecule has 2 rings (SSSR count). The van der Waals surface area contributed by atoms with Crippen molar-refractivity contribution in [1.29, 1.82) is 0 Å². The largest absolute Gasteiger partial charge is 0.490 e. The van der Waals surface area contributed by atoms with Gasteiger partial charge < -0.3 is 30.9 Å². The molecule has 0 aromatic heterocycles. The zero-order valence-corrected chi connectivity index (χ0v) is 18.2. The minimum atomic E-state index is -5.08. The zero-order valence-electron chi connectivity index (χ0n) is 17.4. The maximum absolute atomic E-state index is 12.8. The summed E-state index contributed by atoms with van der Waals surface area (Å²) in [6, 6.07) is 0. The van der Waals surface area contributed by atoms with Gasteiger partial charge in [-0.2, -0.15) is 30.2 Å². The second-order valence-corrected chi connectivity index (χ2v) is 9.69. The van der Waals surface area contributed by atoms with Crippen molar-refractivity contribution < 1.29 is 51.4 Å². The first-order valence-electron chi connectivity index (χ1n) is 9.64. The number of hydrogen-bond donors (Lipinski definition) is 5. The molecule has 2 fully saturated rings. The number of carboxylic acid groups (broad SMARTS) is 2. The van der Waals surface area contributed by atoms with Crippen molar-refractivity contribution in [3.05, 3.63) is 0 Å². The van der Waals surface area contributed by atoms with E-state index in [-0.39, 0.29) is 19.4 Å². The van der Waals surface area contributed by atoms with Crippen LogP contribution in [0.25, 0.3) is 0 Å². The molecule has 0 aromatic carbocycles. The summed E-state index contributed by atoms with van der Waals surface area (Å²) < 4.78 is 59.9. The summed E-state index contributed by atoms with van der Waals surface area (Å²) in [4.78, 5) is 22.6. The summed E-state index contributed by atoms with van der Waals surface area (Å²) in [5, 5.41) is 34.5. The van der Waals surface area contributed by atoms with Gasteiger partial charge in [0.2, 0.25) is 0 Å². The smallest absolute Gasteiger partial charge is 0.480 e. The van der Waals surface area contributed by atoms with E-state index in [1.54, 1.807) is 0 Å². The molecule has 0 spiro atoms. The van der Waals surface area contributed by atoms with E-state index >= 15 is 0 Å². The molecule has 0 unspecified atom stereocenters. The number of alkyl halides is 3. The summed E-state index contributed by atoms with van der Waals surface area (Å²) in [6.07, 6.45) is -4.32. The predicted octanol–water partition coefficient (Wildman–Crippen LogP) is -1.92. The molecule has 2 aliphatic heterocycles. The fraction of sp³-hybridized carbons (Fsp3) is 0.867. The van der Waals surface area contributed by atoms with Crippen LogP contribution in [0.4, 0.5) is 13.2 Å². The van der Waals surface area contributed by atoms with Gasteiger partial charge in [-0.15, -0.1) is 0 Å². The Bertz CT molecular complexity index is 764. The minimum Gasteiger partial charge on any atom is -0.480 e. The number of carbonyl (C=O) groups is 2. The number of likely N-dealkylation sites (N-methyl/N-ethyl adjacent to an activating group) is 1. The van der Waals surface area contributed by atoms with Crippen LogP contribution in [0.2, 0.25) is 6.32 Å². The number of nitrogens with two attached hydrogens (primary N) is 1. The van der Waals surface area contributed by atoms with Gasteiger partial charge in [0.05, 0.1) is 0 Å². The molecule has 32 heavy (non-hydrogen) atoms. The average Bonchev–Trinajstić information content (AvgIpc) is 3.00. The van der Waals surface area contributed by atoms with E-state index in [1.807, 2.05) is 11.9 Å². The number of halogens is 3. The van der Waals surface area contributed by atoms with Gasteiger partial charge in [0, 0.05) is 45.2 Å². The normalized spacial score (nSPS) is 25.8. The topological polar surface area (TPSA) is 185 Å². The fourth-order valence-corrected chi connectivity index (χ4v) is 5.09. The van der Waals surface area contributed by atoms with E-state index in [0.717, 1.165) is 4.31 Å². The first kappa shape index (κ1) is 28.5. The Balaban J connectivity index is 0.000000633. The maximum Gasteiger partial charge on any atom is 0.490 e. The quantitative estimate of drug-likeness (QED) is 0.251. The summed E-state index contributed by atoms with van der Waals surface area (Å²) in [5.41, 5.74) is 4.38. The number of piperazine rings is 1. The Labute approximate surface area is 183 Å². The first-order chi connectivity index (χ1) is 14.5. The van der Waals surface area contributed by atoms with E-state index in [2.05, 4.69) is 0 Å². The Morgan fingerprint density at radius 3 is 2.03 bits per heavy atom. The van der Waals surface area contributed by atoms with Crippen LogP contribution in [0.3, 0.4) is 0 Å². The number of hydrogen-bond acceptors (Lipinski definition) is 8. The van der Waals surface area contributed by atoms with Crippen molar-refractivity contribution in [2.45, 2.75) is 30.9 Å². The number of aliphatic carboxylic acids is 2. The van der Waals surface area contributed by atoms with Gasteiger partial charge >= 0.3 is 25.2 Å². The van der Waals surface area contributed by atoms with Crippen LogP contribution in [0.15, 0.2) is 0 Å². The molecule has 2 aliphatic rings. The van der Waals surface area contributed by atoms with E-state index in [4.69, 9.17) is 25.7 Å². The molecule has 0 radical (unpaired) electrons. The lowest BCUT2D eigenvalue weighted by Crippen LogP contribution is -2.56. The average molecular weight is 492 g/mol. The van der Waals surface area contributed by atoms with Crippen LogP contribution in [0.5, 0.6) is 0 Å². The zero-order chi connectivity index (χ0) is 24.9. The SMILES string of the molecule is CN1CCN(S(=O)(=O)N2C[C@@H](CCCB(O)O)[C@@](N)(C(=O)O)C2)CC1.O=C(O)C(F)(F)F. The van der Waals surface area contributed by atoms with Crippen molar-refractivity contribution in [3.63, 3.8) is 0 Å². The van der Waals surface area contributed by atoms with Crippen molar-refractivity contribution in [3.8, 4) is 0 Å². The molecule has 2 atom stereocenters. The highest BCUT2D eigenvalue weighted by Crippen LogP contribution is 2.33. The van der Waals surface area contributed by atoms with Crippen LogP contribution in [-0.4, -0.2) is 119 Å². The molecular formula is C15H28BF3N4O8S. The van der Waals surface area contributed by atoms with Crippen molar-refractivity contribution in [1.82, 2.24) is 13.5 Å². The third-order valence-electron chi connectivity index (χ3n) is 5.36. The second kappa shape index (κ2) is 11.1. The van der Waals surface area contributed by atoms with Gasteiger partial charge in [0.15, 0.2) is 0 Å². The monoisotopic (exact) mass is 492 g/mol. The lowest BCUT2D eigenvalue weighted by atomic mass is 9.78. The molecule has 0 bridgehead atoms. The van der Waals surface area contributed by atoms with Crippen LogP contribution in [0.1, 0.15) is 12.8 Å². The Kier molecular flexibility index (Phi) is 9.89. The van der Waals surface area contributed by atoms with Crippen LogP contribution >= 0.6 is 0 Å². The van der Waals surface area contributed by atoms with Crippen LogP contribution in [-0.2, 0) is 19.8 Å². The molecule has 2 heterocycles. The molecule has 0 aromatic rings. The first-order valence-corrected chi connectivity index (χ1v) is 11.0. The highest BCUT2D eigenvalue weighted by atomic mass is 32.2. The number of carboxylic acids is 2. The number of rotatable bonds is 7. The highest BCUT2D eigenvalue weighted by molar-refractivity contribution is 7.86. The van der Waals surface area contributed by atoms with E-state index in [0.29, 0.717) is 39.0 Å².